The molecule has 4 nitrogen and oxygen atoms in total. The molecule has 62 valence electrons. The van der Waals surface area contributed by atoms with Gasteiger partial charge in [0.05, 0.1) is 11.3 Å². The predicted octanol–water partition coefficient (Wildman–Crippen LogP) is 0.599. The number of hydrogen-bond acceptors (Lipinski definition) is 4. The first-order valence-electron chi connectivity index (χ1n) is 3.22. The summed E-state index contributed by atoms with van der Waals surface area (Å²) in [4.78, 5) is 20.6. The fourth-order valence-corrected chi connectivity index (χ4v) is 0.862. The monoisotopic (exact) mass is 165 g/mol. The van der Waals surface area contributed by atoms with Crippen molar-refractivity contribution in [3.05, 3.63) is 23.3 Å². The Balaban J connectivity index is 3.37. The summed E-state index contributed by atoms with van der Waals surface area (Å²) in [6.45, 7) is 0. The van der Waals surface area contributed by atoms with Gasteiger partial charge >= 0.3 is 0 Å². The van der Waals surface area contributed by atoms with E-state index in [0.717, 1.165) is 0 Å². The number of nitrogens with two attached hydrogens (primary N) is 1. The molecule has 4 heteroatoms. The van der Waals surface area contributed by atoms with Crippen LogP contribution in [0.3, 0.4) is 0 Å². The van der Waals surface area contributed by atoms with Crippen LogP contribution in [0.15, 0.2) is 12.1 Å². The number of carbonyl (C=O) groups excluding carboxylic acids is 2. The van der Waals surface area contributed by atoms with E-state index >= 15 is 0 Å². The molecule has 0 aliphatic heterocycles. The molecule has 3 N–H and O–H groups in total. The smallest absolute Gasteiger partial charge is 0.153 e. The normalized spacial score (nSPS) is 9.33. The summed E-state index contributed by atoms with van der Waals surface area (Å²) in [6, 6.07) is 2.57. The van der Waals surface area contributed by atoms with Gasteiger partial charge in [-0.2, -0.15) is 0 Å². The van der Waals surface area contributed by atoms with Crippen LogP contribution in [0, 0.1) is 0 Å². The maximum atomic E-state index is 10.3. The van der Waals surface area contributed by atoms with Gasteiger partial charge in [0.2, 0.25) is 0 Å². The standard InChI is InChI=1S/C8H7NO3/c9-7-2-5(3-10)1-6(4-11)8(7)12/h1-4,12H,9H2. The lowest BCUT2D eigenvalue weighted by molar-refractivity contribution is 0.112. The Labute approximate surface area is 68.6 Å². The van der Waals surface area contributed by atoms with E-state index in [-0.39, 0.29) is 22.6 Å². The number of carbonyl (C=O) groups is 2. The highest BCUT2D eigenvalue weighted by Gasteiger charge is 2.05. The lowest BCUT2D eigenvalue weighted by atomic mass is 10.1. The summed E-state index contributed by atoms with van der Waals surface area (Å²) in [5, 5.41) is 9.15. The zero-order valence-electron chi connectivity index (χ0n) is 6.15. The fraction of sp³-hybridized carbons (Fsp3) is 0. The molecule has 1 aromatic rings. The molecule has 0 aliphatic rings. The van der Waals surface area contributed by atoms with Gasteiger partial charge in [-0.3, -0.25) is 9.59 Å². The van der Waals surface area contributed by atoms with Crippen LogP contribution >= 0.6 is 0 Å². The molecule has 0 aromatic heterocycles. The Kier molecular flexibility index (Phi) is 2.09. The molecule has 1 aromatic carbocycles. The van der Waals surface area contributed by atoms with Crippen LogP contribution in [-0.4, -0.2) is 17.7 Å². The van der Waals surface area contributed by atoms with Crippen molar-refractivity contribution in [3.8, 4) is 5.75 Å². The van der Waals surface area contributed by atoms with E-state index in [2.05, 4.69) is 0 Å². The van der Waals surface area contributed by atoms with Gasteiger partial charge in [-0.15, -0.1) is 0 Å². The number of phenolic OH excluding ortho intramolecular Hbond substituents is 1. The van der Waals surface area contributed by atoms with E-state index in [1.165, 1.54) is 12.1 Å². The van der Waals surface area contributed by atoms with Crippen molar-refractivity contribution in [2.24, 2.45) is 0 Å². The second-order valence-electron chi connectivity index (χ2n) is 2.28. The number of hydrogen-bond donors (Lipinski definition) is 2. The number of anilines is 1. The minimum atomic E-state index is -0.282. The summed E-state index contributed by atoms with van der Waals surface area (Å²) in [7, 11) is 0. The molecule has 0 spiro atoms. The van der Waals surface area contributed by atoms with Crippen molar-refractivity contribution in [2.45, 2.75) is 0 Å². The summed E-state index contributed by atoms with van der Waals surface area (Å²) in [6.07, 6.45) is 1.00. The van der Waals surface area contributed by atoms with E-state index in [4.69, 9.17) is 10.8 Å². The largest absolute Gasteiger partial charge is 0.505 e. The number of aromatic hydroxyl groups is 1. The van der Waals surface area contributed by atoms with Crippen molar-refractivity contribution in [1.82, 2.24) is 0 Å². The molecule has 0 radical (unpaired) electrons. The highest BCUT2D eigenvalue weighted by molar-refractivity contribution is 5.88. The van der Waals surface area contributed by atoms with E-state index in [1.54, 1.807) is 0 Å². The Bertz CT molecular complexity index is 333. The number of benzene rings is 1. The predicted molar refractivity (Wildman–Crippen MR) is 43.3 cm³/mol. The Hall–Kier alpha value is -1.84. The fourth-order valence-electron chi connectivity index (χ4n) is 0.862. The maximum Gasteiger partial charge on any atom is 0.153 e. The van der Waals surface area contributed by atoms with Gasteiger partial charge in [-0.1, -0.05) is 0 Å². The molecule has 0 aliphatic carbocycles. The number of phenols is 1. The van der Waals surface area contributed by atoms with Crippen molar-refractivity contribution in [1.29, 1.82) is 0 Å². The third-order valence-electron chi connectivity index (χ3n) is 1.45. The Morgan fingerprint density at radius 1 is 1.25 bits per heavy atom. The first-order chi connectivity index (χ1) is 5.69. The third-order valence-corrected chi connectivity index (χ3v) is 1.45. The van der Waals surface area contributed by atoms with Crippen molar-refractivity contribution in [3.63, 3.8) is 0 Å². The SMILES string of the molecule is Nc1cc(C=O)cc(C=O)c1O. The molecule has 0 unspecified atom stereocenters. The molecule has 0 amide bonds. The average Bonchev–Trinajstić information content (AvgIpc) is 2.09. The molecule has 0 bridgehead atoms. The van der Waals surface area contributed by atoms with Gasteiger partial charge in [0.1, 0.15) is 12.0 Å². The molecular formula is C8H7NO3. The molecule has 0 fully saturated rings. The molecule has 0 heterocycles. The number of aldehydes is 2. The lowest BCUT2D eigenvalue weighted by Crippen LogP contribution is -1.93. The molecule has 12 heavy (non-hydrogen) atoms. The minimum absolute atomic E-state index is 0.0251. The lowest BCUT2D eigenvalue weighted by Gasteiger charge is -2.01. The van der Waals surface area contributed by atoms with Gasteiger partial charge in [0, 0.05) is 5.56 Å². The first kappa shape index (κ1) is 8.26. The quantitative estimate of drug-likeness (QED) is 0.382. The van der Waals surface area contributed by atoms with Crippen LogP contribution in [0.25, 0.3) is 0 Å². The van der Waals surface area contributed by atoms with Gasteiger partial charge in [0.15, 0.2) is 6.29 Å². The van der Waals surface area contributed by atoms with Crippen LogP contribution in [-0.2, 0) is 0 Å². The van der Waals surface area contributed by atoms with Gasteiger partial charge in [-0.25, -0.2) is 0 Å². The van der Waals surface area contributed by atoms with Gasteiger partial charge in [0.25, 0.3) is 0 Å². The van der Waals surface area contributed by atoms with E-state index in [0.29, 0.717) is 12.6 Å². The van der Waals surface area contributed by atoms with Crippen LogP contribution in [0.4, 0.5) is 5.69 Å². The van der Waals surface area contributed by atoms with Crippen LogP contribution < -0.4 is 5.73 Å². The molecular weight excluding hydrogens is 158 g/mol. The highest BCUT2D eigenvalue weighted by atomic mass is 16.3. The number of nitrogen functional groups attached to an aromatic ring is 1. The minimum Gasteiger partial charge on any atom is -0.505 e. The van der Waals surface area contributed by atoms with E-state index in [9.17, 15) is 9.59 Å². The van der Waals surface area contributed by atoms with E-state index in [1.807, 2.05) is 0 Å². The summed E-state index contributed by atoms with van der Waals surface area (Å²) < 4.78 is 0. The summed E-state index contributed by atoms with van der Waals surface area (Å²) in [5.41, 5.74) is 5.63. The summed E-state index contributed by atoms with van der Waals surface area (Å²) >= 11 is 0. The second kappa shape index (κ2) is 3.04. The zero-order chi connectivity index (χ0) is 9.14. The maximum absolute atomic E-state index is 10.3. The first-order valence-corrected chi connectivity index (χ1v) is 3.22. The van der Waals surface area contributed by atoms with Crippen molar-refractivity contribution in [2.75, 3.05) is 5.73 Å². The molecule has 1 rings (SSSR count). The second-order valence-corrected chi connectivity index (χ2v) is 2.28. The zero-order valence-corrected chi connectivity index (χ0v) is 6.15. The summed E-state index contributed by atoms with van der Waals surface area (Å²) in [5.74, 6) is -0.282. The van der Waals surface area contributed by atoms with Crippen LogP contribution in [0.5, 0.6) is 5.75 Å². The van der Waals surface area contributed by atoms with Gasteiger partial charge in [-0.05, 0) is 12.1 Å². The molecule has 0 saturated heterocycles. The Morgan fingerprint density at radius 3 is 2.42 bits per heavy atom. The molecule has 0 atom stereocenters. The van der Waals surface area contributed by atoms with E-state index < -0.39 is 0 Å². The Morgan fingerprint density at radius 2 is 1.92 bits per heavy atom. The topological polar surface area (TPSA) is 80.4 Å². The average molecular weight is 165 g/mol. The van der Waals surface area contributed by atoms with Crippen molar-refractivity contribution >= 4 is 18.3 Å². The molecule has 0 saturated carbocycles. The number of rotatable bonds is 2. The van der Waals surface area contributed by atoms with Crippen LogP contribution in [0.1, 0.15) is 20.7 Å². The highest BCUT2D eigenvalue weighted by Crippen LogP contribution is 2.24. The third kappa shape index (κ3) is 1.27. The van der Waals surface area contributed by atoms with Crippen molar-refractivity contribution < 1.29 is 14.7 Å². The van der Waals surface area contributed by atoms with Gasteiger partial charge < -0.3 is 10.8 Å². The van der Waals surface area contributed by atoms with Crippen LogP contribution in [0.2, 0.25) is 0 Å².